The van der Waals surface area contributed by atoms with Gasteiger partial charge in [-0.25, -0.2) is 4.79 Å². The van der Waals surface area contributed by atoms with Crippen LogP contribution in [0.15, 0.2) is 53.7 Å². The van der Waals surface area contributed by atoms with Crippen molar-refractivity contribution in [1.29, 1.82) is 0 Å². The normalized spacial score (nSPS) is 14.7. The van der Waals surface area contributed by atoms with Crippen molar-refractivity contribution in [2.75, 3.05) is 42.7 Å². The average molecular weight is 328 g/mol. The molecular formula is C17H20N4OS. The van der Waals surface area contributed by atoms with E-state index < -0.39 is 0 Å². The first kappa shape index (κ1) is 15.7. The molecule has 1 saturated heterocycles. The van der Waals surface area contributed by atoms with E-state index in [-0.39, 0.29) is 6.03 Å². The van der Waals surface area contributed by atoms with E-state index in [0.717, 1.165) is 42.4 Å². The standard InChI is InChI=1S/C17H20N4OS/c1-23-16-4-2-3-14(13-16)19-17(22)21-11-9-20(10-12-21)15-5-7-18-8-6-15/h2-8,13H,9-12H2,1H3,(H,19,22). The number of pyridine rings is 1. The molecule has 0 spiro atoms. The lowest BCUT2D eigenvalue weighted by Crippen LogP contribution is -2.50. The van der Waals surface area contributed by atoms with Gasteiger partial charge in [-0.05, 0) is 36.6 Å². The molecular weight excluding hydrogens is 308 g/mol. The van der Waals surface area contributed by atoms with Crippen LogP contribution < -0.4 is 10.2 Å². The van der Waals surface area contributed by atoms with Crippen LogP contribution in [0.25, 0.3) is 0 Å². The smallest absolute Gasteiger partial charge is 0.321 e. The molecule has 1 aromatic heterocycles. The van der Waals surface area contributed by atoms with Crippen LogP contribution in [-0.4, -0.2) is 48.3 Å². The van der Waals surface area contributed by atoms with Crippen LogP contribution in [0.4, 0.5) is 16.2 Å². The number of hydrogen-bond donors (Lipinski definition) is 1. The minimum atomic E-state index is -0.0300. The number of thioether (sulfide) groups is 1. The van der Waals surface area contributed by atoms with E-state index in [1.807, 2.05) is 47.6 Å². The Hall–Kier alpha value is -2.21. The van der Waals surface area contributed by atoms with Gasteiger partial charge in [0.15, 0.2) is 0 Å². The number of amides is 2. The summed E-state index contributed by atoms with van der Waals surface area (Å²) in [6, 6.07) is 11.9. The molecule has 1 aliphatic rings. The molecule has 23 heavy (non-hydrogen) atoms. The first-order chi connectivity index (χ1) is 11.3. The van der Waals surface area contributed by atoms with Crippen molar-refractivity contribution in [2.45, 2.75) is 4.90 Å². The lowest BCUT2D eigenvalue weighted by molar-refractivity contribution is 0.208. The van der Waals surface area contributed by atoms with E-state index >= 15 is 0 Å². The van der Waals surface area contributed by atoms with Crippen molar-refractivity contribution in [2.24, 2.45) is 0 Å². The number of benzene rings is 1. The molecule has 0 radical (unpaired) electrons. The maximum atomic E-state index is 12.4. The van der Waals surface area contributed by atoms with Crippen LogP contribution in [-0.2, 0) is 0 Å². The molecule has 5 nitrogen and oxygen atoms in total. The second kappa shape index (κ2) is 7.37. The van der Waals surface area contributed by atoms with E-state index in [1.54, 1.807) is 24.2 Å². The number of hydrogen-bond acceptors (Lipinski definition) is 4. The molecule has 2 heterocycles. The van der Waals surface area contributed by atoms with Gasteiger partial charge < -0.3 is 15.1 Å². The number of nitrogens with zero attached hydrogens (tertiary/aromatic N) is 3. The summed E-state index contributed by atoms with van der Waals surface area (Å²) in [4.78, 5) is 21.7. The molecule has 0 aliphatic carbocycles. The topological polar surface area (TPSA) is 48.5 Å². The number of urea groups is 1. The summed E-state index contributed by atoms with van der Waals surface area (Å²) in [6.45, 7) is 3.11. The highest BCUT2D eigenvalue weighted by atomic mass is 32.2. The van der Waals surface area contributed by atoms with Crippen LogP contribution in [0.1, 0.15) is 0 Å². The predicted molar refractivity (Wildman–Crippen MR) is 95.3 cm³/mol. The lowest BCUT2D eigenvalue weighted by atomic mass is 10.2. The second-order valence-corrected chi connectivity index (χ2v) is 6.22. The summed E-state index contributed by atoms with van der Waals surface area (Å²) >= 11 is 1.67. The summed E-state index contributed by atoms with van der Waals surface area (Å²) in [5.41, 5.74) is 2.01. The van der Waals surface area contributed by atoms with E-state index in [4.69, 9.17) is 0 Å². The van der Waals surface area contributed by atoms with Crippen molar-refractivity contribution >= 4 is 29.2 Å². The zero-order valence-corrected chi connectivity index (χ0v) is 13.9. The molecule has 2 aromatic rings. The molecule has 0 bridgehead atoms. The van der Waals surface area contributed by atoms with E-state index in [2.05, 4.69) is 15.2 Å². The SMILES string of the molecule is CSc1cccc(NC(=O)N2CCN(c3ccncc3)CC2)c1. The Labute approximate surface area is 140 Å². The van der Waals surface area contributed by atoms with Crippen molar-refractivity contribution in [1.82, 2.24) is 9.88 Å². The highest BCUT2D eigenvalue weighted by Gasteiger charge is 2.21. The minimum Gasteiger partial charge on any atom is -0.368 e. The number of carbonyl (C=O) groups is 1. The Morgan fingerprint density at radius 1 is 1.13 bits per heavy atom. The average Bonchev–Trinajstić information content (AvgIpc) is 2.63. The molecule has 0 atom stereocenters. The monoisotopic (exact) mass is 328 g/mol. The van der Waals surface area contributed by atoms with E-state index in [1.165, 1.54) is 0 Å². The van der Waals surface area contributed by atoms with Crippen LogP contribution in [0.3, 0.4) is 0 Å². The van der Waals surface area contributed by atoms with Crippen LogP contribution in [0.5, 0.6) is 0 Å². The summed E-state index contributed by atoms with van der Waals surface area (Å²) in [5.74, 6) is 0. The zero-order chi connectivity index (χ0) is 16.1. The maximum absolute atomic E-state index is 12.4. The summed E-state index contributed by atoms with van der Waals surface area (Å²) in [5, 5.41) is 2.99. The Morgan fingerprint density at radius 3 is 2.57 bits per heavy atom. The number of aromatic nitrogens is 1. The van der Waals surface area contributed by atoms with Gasteiger partial charge in [0.1, 0.15) is 0 Å². The number of anilines is 2. The Balaban J connectivity index is 1.56. The Bertz CT molecular complexity index is 657. The number of rotatable bonds is 3. The van der Waals surface area contributed by atoms with Gasteiger partial charge in [0.05, 0.1) is 0 Å². The van der Waals surface area contributed by atoms with Gasteiger partial charge in [-0.3, -0.25) is 4.98 Å². The molecule has 120 valence electrons. The molecule has 1 N–H and O–H groups in total. The van der Waals surface area contributed by atoms with Gasteiger partial charge in [0.2, 0.25) is 0 Å². The first-order valence-electron chi connectivity index (χ1n) is 7.61. The fourth-order valence-electron chi connectivity index (χ4n) is 2.63. The van der Waals surface area contributed by atoms with Gasteiger partial charge in [0.25, 0.3) is 0 Å². The largest absolute Gasteiger partial charge is 0.368 e. The van der Waals surface area contributed by atoms with Crippen molar-refractivity contribution < 1.29 is 4.79 Å². The highest BCUT2D eigenvalue weighted by Crippen LogP contribution is 2.20. The summed E-state index contributed by atoms with van der Waals surface area (Å²) in [7, 11) is 0. The van der Waals surface area contributed by atoms with E-state index in [9.17, 15) is 4.79 Å². The molecule has 2 amide bonds. The fourth-order valence-corrected chi connectivity index (χ4v) is 3.09. The zero-order valence-electron chi connectivity index (χ0n) is 13.1. The van der Waals surface area contributed by atoms with Crippen molar-refractivity contribution in [3.63, 3.8) is 0 Å². The Kier molecular flexibility index (Phi) is 5.02. The highest BCUT2D eigenvalue weighted by molar-refractivity contribution is 7.98. The van der Waals surface area contributed by atoms with Gasteiger partial charge >= 0.3 is 6.03 Å². The maximum Gasteiger partial charge on any atom is 0.321 e. The van der Waals surface area contributed by atoms with Crippen molar-refractivity contribution in [3.05, 3.63) is 48.8 Å². The molecule has 6 heteroatoms. The molecule has 0 saturated carbocycles. The second-order valence-electron chi connectivity index (χ2n) is 5.34. The van der Waals surface area contributed by atoms with Crippen LogP contribution in [0, 0.1) is 0 Å². The third-order valence-corrected chi connectivity index (χ3v) is 4.64. The Morgan fingerprint density at radius 2 is 1.87 bits per heavy atom. The molecule has 1 aromatic carbocycles. The lowest BCUT2D eigenvalue weighted by Gasteiger charge is -2.36. The van der Waals surface area contributed by atoms with Crippen LogP contribution in [0.2, 0.25) is 0 Å². The van der Waals surface area contributed by atoms with Crippen LogP contribution >= 0.6 is 11.8 Å². The van der Waals surface area contributed by atoms with Gasteiger partial charge in [-0.2, -0.15) is 0 Å². The number of carbonyl (C=O) groups excluding carboxylic acids is 1. The molecule has 1 aliphatic heterocycles. The van der Waals surface area contributed by atoms with Crippen molar-refractivity contribution in [3.8, 4) is 0 Å². The number of piperazine rings is 1. The van der Waals surface area contributed by atoms with Gasteiger partial charge in [-0.1, -0.05) is 6.07 Å². The predicted octanol–water partition coefficient (Wildman–Crippen LogP) is 3.16. The van der Waals surface area contributed by atoms with Gasteiger partial charge in [-0.15, -0.1) is 11.8 Å². The molecule has 0 unspecified atom stereocenters. The third kappa shape index (κ3) is 3.96. The first-order valence-corrected chi connectivity index (χ1v) is 8.84. The van der Waals surface area contributed by atoms with Gasteiger partial charge in [0, 0.05) is 54.8 Å². The molecule has 3 rings (SSSR count). The van der Waals surface area contributed by atoms with E-state index in [0.29, 0.717) is 0 Å². The third-order valence-electron chi connectivity index (χ3n) is 3.92. The number of nitrogens with one attached hydrogen (secondary N) is 1. The fraction of sp³-hybridized carbons (Fsp3) is 0.294. The minimum absolute atomic E-state index is 0.0300. The molecule has 1 fully saturated rings. The summed E-state index contributed by atoms with van der Waals surface area (Å²) < 4.78 is 0. The summed E-state index contributed by atoms with van der Waals surface area (Å²) in [6.07, 6.45) is 5.62. The quantitative estimate of drug-likeness (QED) is 0.879.